The molecule has 2 N–H and O–H groups in total. The van der Waals surface area contributed by atoms with Crippen molar-refractivity contribution in [2.45, 2.75) is 69.9 Å². The summed E-state index contributed by atoms with van der Waals surface area (Å²) in [7, 11) is 0. The van der Waals surface area contributed by atoms with Gasteiger partial charge in [0.1, 0.15) is 0 Å². The molecule has 2 saturated carbocycles. The highest BCUT2D eigenvalue weighted by Crippen LogP contribution is 2.45. The van der Waals surface area contributed by atoms with E-state index >= 15 is 0 Å². The van der Waals surface area contributed by atoms with Gasteiger partial charge in [0.25, 0.3) is 5.91 Å². The number of alkyl halides is 3. The number of ether oxygens (including phenoxy) is 2. The summed E-state index contributed by atoms with van der Waals surface area (Å²) in [5.74, 6) is 0.434. The summed E-state index contributed by atoms with van der Waals surface area (Å²) in [6, 6.07) is 5.17. The van der Waals surface area contributed by atoms with Gasteiger partial charge in [-0.25, -0.2) is 0 Å². The molecule has 6 atom stereocenters. The van der Waals surface area contributed by atoms with Gasteiger partial charge in [-0.2, -0.15) is 13.2 Å². The van der Waals surface area contributed by atoms with Crippen molar-refractivity contribution >= 4 is 5.91 Å². The molecule has 0 spiro atoms. The summed E-state index contributed by atoms with van der Waals surface area (Å²) in [6.07, 6.45) is 2.12. The van der Waals surface area contributed by atoms with Crippen molar-refractivity contribution in [1.29, 1.82) is 0 Å². The SMILES string of the molecule is CCO[C@H]1OC(C(=O)NC2CC3CCC2C3)=C[C@@H](c2ccc(C(F)(F)F)cc2)[C@H]1CCCO. The van der Waals surface area contributed by atoms with Gasteiger partial charge in [0.2, 0.25) is 6.29 Å². The quantitative estimate of drug-likeness (QED) is 0.579. The van der Waals surface area contributed by atoms with Crippen LogP contribution in [0.1, 0.15) is 62.5 Å². The average molecular weight is 468 g/mol. The van der Waals surface area contributed by atoms with E-state index in [1.165, 1.54) is 18.6 Å². The average Bonchev–Trinajstić information content (AvgIpc) is 3.41. The Balaban J connectivity index is 1.60. The molecule has 0 aromatic heterocycles. The van der Waals surface area contributed by atoms with Crippen LogP contribution in [0.2, 0.25) is 0 Å². The van der Waals surface area contributed by atoms with E-state index in [1.807, 2.05) is 6.92 Å². The standard InChI is InChI=1S/C25H32F3NO4/c1-2-32-24-19(4-3-11-30)20(16-7-9-18(10-8-16)25(26,27)28)14-22(33-24)23(31)29-21-13-15-5-6-17(21)12-15/h7-10,14-15,17,19-21,24,30H,2-6,11-13H2,1H3,(H,29,31)/t15?,17?,19-,20+,21?,24+/m1/s1. The van der Waals surface area contributed by atoms with Gasteiger partial charge >= 0.3 is 6.18 Å². The highest BCUT2D eigenvalue weighted by molar-refractivity contribution is 5.92. The number of hydrogen-bond acceptors (Lipinski definition) is 4. The van der Waals surface area contributed by atoms with Crippen LogP contribution >= 0.6 is 0 Å². The molecule has 4 rings (SSSR count). The summed E-state index contributed by atoms with van der Waals surface area (Å²) < 4.78 is 51.0. The molecule has 0 radical (unpaired) electrons. The molecule has 1 aliphatic heterocycles. The summed E-state index contributed by atoms with van der Waals surface area (Å²) >= 11 is 0. The van der Waals surface area contributed by atoms with Crippen LogP contribution < -0.4 is 5.32 Å². The number of nitrogens with one attached hydrogen (secondary N) is 1. The zero-order valence-electron chi connectivity index (χ0n) is 18.8. The van der Waals surface area contributed by atoms with E-state index in [9.17, 15) is 23.1 Å². The Kier molecular flexibility index (Phi) is 7.34. The van der Waals surface area contributed by atoms with Crippen molar-refractivity contribution in [2.24, 2.45) is 17.8 Å². The lowest BCUT2D eigenvalue weighted by Gasteiger charge is -2.37. The third-order valence-electron chi connectivity index (χ3n) is 7.31. The van der Waals surface area contributed by atoms with Crippen LogP contribution in [-0.4, -0.2) is 36.6 Å². The van der Waals surface area contributed by atoms with Crippen LogP contribution in [-0.2, 0) is 20.4 Å². The molecule has 1 amide bonds. The Hall–Kier alpha value is -2.06. The molecule has 1 aromatic rings. The predicted octanol–water partition coefficient (Wildman–Crippen LogP) is 4.76. The second-order valence-corrected chi connectivity index (χ2v) is 9.40. The molecule has 2 bridgehead atoms. The first-order chi connectivity index (χ1) is 15.8. The van der Waals surface area contributed by atoms with Gasteiger partial charge in [0.15, 0.2) is 5.76 Å². The Labute approximate surface area is 192 Å². The van der Waals surface area contributed by atoms with Crippen LogP contribution in [0.25, 0.3) is 0 Å². The van der Waals surface area contributed by atoms with Crippen LogP contribution in [0, 0.1) is 17.8 Å². The van der Waals surface area contributed by atoms with Crippen LogP contribution in [0.4, 0.5) is 13.2 Å². The fourth-order valence-corrected chi connectivity index (χ4v) is 5.70. The molecule has 1 heterocycles. The maximum Gasteiger partial charge on any atom is 0.416 e. The fraction of sp³-hybridized carbons (Fsp3) is 0.640. The Bertz CT molecular complexity index is 854. The number of amides is 1. The van der Waals surface area contributed by atoms with E-state index in [4.69, 9.17) is 9.47 Å². The lowest BCUT2D eigenvalue weighted by molar-refractivity contribution is -0.167. The number of fused-ring (bicyclic) bond motifs is 2. The van der Waals surface area contributed by atoms with Gasteiger partial charge in [-0.3, -0.25) is 4.79 Å². The zero-order valence-corrected chi connectivity index (χ0v) is 18.8. The number of hydrogen-bond donors (Lipinski definition) is 2. The van der Waals surface area contributed by atoms with E-state index in [2.05, 4.69) is 5.32 Å². The summed E-state index contributed by atoms with van der Waals surface area (Å²) in [5, 5.41) is 12.5. The van der Waals surface area contributed by atoms with E-state index in [-0.39, 0.29) is 36.2 Å². The van der Waals surface area contributed by atoms with Gasteiger partial charge in [0, 0.05) is 31.1 Å². The molecule has 1 aromatic carbocycles. The third kappa shape index (κ3) is 5.38. The number of halogens is 3. The molecule has 2 aliphatic carbocycles. The van der Waals surface area contributed by atoms with Crippen LogP contribution in [0.3, 0.4) is 0 Å². The summed E-state index contributed by atoms with van der Waals surface area (Å²) in [5.41, 5.74) is -0.0611. The van der Waals surface area contributed by atoms with Gasteiger partial charge < -0.3 is 19.9 Å². The van der Waals surface area contributed by atoms with E-state index in [1.54, 1.807) is 6.08 Å². The molecule has 2 fully saturated rings. The molecular weight excluding hydrogens is 435 g/mol. The van der Waals surface area contributed by atoms with Crippen molar-refractivity contribution in [2.75, 3.05) is 13.2 Å². The Morgan fingerprint density at radius 2 is 1.97 bits per heavy atom. The van der Waals surface area contributed by atoms with Gasteiger partial charge in [-0.15, -0.1) is 0 Å². The number of rotatable bonds is 8. The monoisotopic (exact) mass is 467 g/mol. The second kappa shape index (κ2) is 10.1. The highest BCUT2D eigenvalue weighted by atomic mass is 19.4. The minimum atomic E-state index is -4.42. The molecule has 33 heavy (non-hydrogen) atoms. The second-order valence-electron chi connectivity index (χ2n) is 9.40. The van der Waals surface area contributed by atoms with Crippen molar-refractivity contribution in [3.8, 4) is 0 Å². The topological polar surface area (TPSA) is 67.8 Å². The lowest BCUT2D eigenvalue weighted by atomic mass is 9.80. The van der Waals surface area contributed by atoms with Crippen LogP contribution in [0.15, 0.2) is 36.1 Å². The smallest absolute Gasteiger partial charge is 0.416 e. The van der Waals surface area contributed by atoms with Crippen molar-refractivity contribution in [1.82, 2.24) is 5.32 Å². The van der Waals surface area contributed by atoms with E-state index in [0.717, 1.165) is 31.4 Å². The predicted molar refractivity (Wildman–Crippen MR) is 116 cm³/mol. The minimum Gasteiger partial charge on any atom is -0.459 e. The van der Waals surface area contributed by atoms with Crippen molar-refractivity contribution < 1.29 is 32.5 Å². The van der Waals surface area contributed by atoms with Gasteiger partial charge in [-0.1, -0.05) is 18.6 Å². The van der Waals surface area contributed by atoms with Gasteiger partial charge in [0.05, 0.1) is 5.56 Å². The molecular formula is C25H32F3NO4. The Morgan fingerprint density at radius 3 is 2.55 bits per heavy atom. The first-order valence-electron chi connectivity index (χ1n) is 11.9. The molecule has 5 nitrogen and oxygen atoms in total. The first-order valence-corrected chi connectivity index (χ1v) is 11.9. The maximum atomic E-state index is 13.1. The number of aliphatic hydroxyl groups excluding tert-OH is 1. The number of carbonyl (C=O) groups excluding carboxylic acids is 1. The number of aliphatic hydroxyl groups is 1. The number of allylic oxidation sites excluding steroid dienone is 1. The minimum absolute atomic E-state index is 0.0175. The van der Waals surface area contributed by atoms with Crippen molar-refractivity contribution in [3.63, 3.8) is 0 Å². The molecule has 182 valence electrons. The summed E-state index contributed by atoms with van der Waals surface area (Å²) in [6.45, 7) is 2.17. The van der Waals surface area contributed by atoms with Crippen LogP contribution in [0.5, 0.6) is 0 Å². The van der Waals surface area contributed by atoms with Crippen molar-refractivity contribution in [3.05, 3.63) is 47.2 Å². The first kappa shape index (κ1) is 24.1. The van der Waals surface area contributed by atoms with Gasteiger partial charge in [-0.05, 0) is 74.6 Å². The van der Waals surface area contributed by atoms with E-state index < -0.39 is 18.0 Å². The maximum absolute atomic E-state index is 13.1. The normalized spacial score (nSPS) is 31.2. The zero-order chi connectivity index (χ0) is 23.6. The number of carbonyl (C=O) groups is 1. The van der Waals surface area contributed by atoms with E-state index in [0.29, 0.717) is 36.8 Å². The largest absolute Gasteiger partial charge is 0.459 e. The molecule has 3 aliphatic rings. The lowest BCUT2D eigenvalue weighted by Crippen LogP contribution is -2.43. The third-order valence-corrected chi connectivity index (χ3v) is 7.31. The fourth-order valence-electron chi connectivity index (χ4n) is 5.70. The summed E-state index contributed by atoms with van der Waals surface area (Å²) in [4.78, 5) is 13.1. The molecule has 0 saturated heterocycles. The Morgan fingerprint density at radius 1 is 1.21 bits per heavy atom. The highest BCUT2D eigenvalue weighted by Gasteiger charge is 2.42. The molecule has 8 heteroatoms. The molecule has 3 unspecified atom stereocenters. The number of benzene rings is 1.